The number of nitro benzene ring substituents is 1. The largest absolute Gasteiger partial charge is 0.353 e. The Labute approximate surface area is 331 Å². The number of piperazine rings is 1. The molecule has 1 atom stereocenters. The van der Waals surface area contributed by atoms with Gasteiger partial charge in [-0.25, -0.2) is 30.8 Å². The van der Waals surface area contributed by atoms with Gasteiger partial charge >= 0.3 is 0 Å². The first kappa shape index (κ1) is 39.7. The first-order valence-electron chi connectivity index (χ1n) is 18.6. The Hall–Kier alpha value is -5.52. The van der Waals surface area contributed by atoms with E-state index in [1.165, 1.54) is 32.5 Å². The Kier molecular flexibility index (Phi) is 10.5. The lowest BCUT2D eigenvalue weighted by atomic mass is 10.0. The van der Waals surface area contributed by atoms with Crippen molar-refractivity contribution in [1.82, 2.24) is 23.1 Å². The molecular formula is C40H43N7O8S2. The molecule has 0 spiro atoms. The number of aromatic nitrogens is 3. The van der Waals surface area contributed by atoms with E-state index in [9.17, 15) is 36.5 Å². The fraction of sp³-hybridized carbons (Fsp3) is 0.350. The number of carbonyl (C=O) groups is 2. The number of ketones is 1. The van der Waals surface area contributed by atoms with Crippen LogP contribution in [-0.2, 0) is 42.6 Å². The third-order valence-corrected chi connectivity index (χ3v) is 14.4. The van der Waals surface area contributed by atoms with Crippen LogP contribution in [0, 0.1) is 29.9 Å². The normalized spacial score (nSPS) is 16.6. The molecule has 7 rings (SSSR count). The van der Waals surface area contributed by atoms with Gasteiger partial charge in [-0.3, -0.25) is 19.7 Å². The van der Waals surface area contributed by atoms with Gasteiger partial charge in [-0.1, -0.05) is 55.8 Å². The van der Waals surface area contributed by atoms with E-state index in [0.29, 0.717) is 57.9 Å². The van der Waals surface area contributed by atoms with E-state index < -0.39 is 36.7 Å². The second-order valence-corrected chi connectivity index (χ2v) is 18.6. The van der Waals surface area contributed by atoms with Gasteiger partial charge in [0.15, 0.2) is 10.7 Å². The molecule has 1 unspecified atom stereocenters. The van der Waals surface area contributed by atoms with Gasteiger partial charge in [0, 0.05) is 73.3 Å². The number of fused-ring (bicyclic) bond motifs is 2. The summed E-state index contributed by atoms with van der Waals surface area (Å²) < 4.78 is 58.2. The van der Waals surface area contributed by atoms with Gasteiger partial charge in [0.05, 0.1) is 34.0 Å². The maximum atomic E-state index is 13.9. The van der Waals surface area contributed by atoms with E-state index in [1.807, 2.05) is 24.8 Å². The Morgan fingerprint density at radius 1 is 0.912 bits per heavy atom. The monoisotopic (exact) mass is 813 g/mol. The molecular weight excluding hydrogens is 771 g/mol. The van der Waals surface area contributed by atoms with Crippen LogP contribution in [0.2, 0.25) is 0 Å². The molecule has 298 valence electrons. The molecule has 0 N–H and O–H groups in total. The van der Waals surface area contributed by atoms with Gasteiger partial charge in [0.1, 0.15) is 11.6 Å². The van der Waals surface area contributed by atoms with Crippen molar-refractivity contribution in [1.29, 1.82) is 0 Å². The highest BCUT2D eigenvalue weighted by atomic mass is 32.2. The Bertz CT molecular complexity index is 2660. The molecule has 1 fully saturated rings. The van der Waals surface area contributed by atoms with Crippen LogP contribution in [-0.4, -0.2) is 88.8 Å². The first-order valence-corrected chi connectivity index (χ1v) is 21.5. The molecule has 0 aliphatic carbocycles. The fourth-order valence-corrected chi connectivity index (χ4v) is 10.7. The van der Waals surface area contributed by atoms with Gasteiger partial charge in [0.25, 0.3) is 15.7 Å². The van der Waals surface area contributed by atoms with Gasteiger partial charge in [-0.05, 0) is 50.6 Å². The highest BCUT2D eigenvalue weighted by Gasteiger charge is 2.39. The van der Waals surface area contributed by atoms with Gasteiger partial charge in [0.2, 0.25) is 15.9 Å². The lowest BCUT2D eigenvalue weighted by Gasteiger charge is -2.41. The number of amides is 1. The third-order valence-electron chi connectivity index (χ3n) is 10.7. The zero-order valence-electron chi connectivity index (χ0n) is 32.2. The summed E-state index contributed by atoms with van der Waals surface area (Å²) in [5.74, 6) is 0.0487. The zero-order valence-corrected chi connectivity index (χ0v) is 33.9. The quantitative estimate of drug-likeness (QED) is 0.102. The Morgan fingerprint density at radius 2 is 1.63 bits per heavy atom. The maximum Gasteiger partial charge on any atom is 0.289 e. The molecule has 5 aromatic rings. The number of benzene rings is 3. The number of nitrogens with zero attached hydrogens (tertiary/aromatic N) is 7. The van der Waals surface area contributed by atoms with Crippen LogP contribution in [0.25, 0.3) is 22.3 Å². The van der Waals surface area contributed by atoms with Crippen molar-refractivity contribution in [3.05, 3.63) is 105 Å². The van der Waals surface area contributed by atoms with E-state index >= 15 is 0 Å². The molecule has 0 saturated carbocycles. The number of anilines is 1. The summed E-state index contributed by atoms with van der Waals surface area (Å²) in [5.41, 5.74) is 3.50. The molecule has 1 saturated heterocycles. The second kappa shape index (κ2) is 15.1. The van der Waals surface area contributed by atoms with E-state index in [0.717, 1.165) is 5.56 Å². The minimum Gasteiger partial charge on any atom is -0.353 e. The number of hydrogen-bond donors (Lipinski definition) is 0. The van der Waals surface area contributed by atoms with E-state index in [4.69, 9.17) is 9.97 Å². The van der Waals surface area contributed by atoms with E-state index in [-0.39, 0.29) is 60.0 Å². The van der Waals surface area contributed by atoms with Crippen molar-refractivity contribution in [2.24, 2.45) is 5.92 Å². The van der Waals surface area contributed by atoms with Gasteiger partial charge < -0.3 is 9.80 Å². The molecule has 4 heterocycles. The molecule has 2 aliphatic rings. The van der Waals surface area contributed by atoms with Crippen molar-refractivity contribution < 1.29 is 31.3 Å². The summed E-state index contributed by atoms with van der Waals surface area (Å²) in [5, 5.41) is 12.4. The number of sulfonamides is 1. The summed E-state index contributed by atoms with van der Waals surface area (Å²) in [6.07, 6.45) is 1.71. The SMILES string of the molecule is Cc1ccc(S(=O)(=O)n2cc(C)c3c(-c4nc5c(c(N6CCN(S(=O)(=O)c7ccccc7[N+](=O)[O-])C(C)C6)n4)CN(C(=O)CC(=O)C(C)C)CC5)cccc32)cc1. The summed E-state index contributed by atoms with van der Waals surface area (Å²) >= 11 is 0. The summed E-state index contributed by atoms with van der Waals surface area (Å²) in [7, 11) is -8.23. The van der Waals surface area contributed by atoms with Crippen molar-refractivity contribution in [2.75, 3.05) is 31.1 Å². The number of rotatable bonds is 10. The maximum absolute atomic E-state index is 13.9. The predicted octanol–water partition coefficient (Wildman–Crippen LogP) is 5.26. The van der Waals surface area contributed by atoms with Crippen molar-refractivity contribution in [3.8, 4) is 11.4 Å². The smallest absolute Gasteiger partial charge is 0.289 e. The van der Waals surface area contributed by atoms with Crippen molar-refractivity contribution >= 4 is 54.1 Å². The first-order chi connectivity index (χ1) is 27.0. The molecule has 0 bridgehead atoms. The van der Waals surface area contributed by atoms with Crippen LogP contribution in [0.15, 0.2) is 82.7 Å². The molecule has 57 heavy (non-hydrogen) atoms. The highest BCUT2D eigenvalue weighted by Crippen LogP contribution is 2.37. The Balaban J connectivity index is 1.30. The number of hydrogen-bond acceptors (Lipinski definition) is 11. The summed E-state index contributed by atoms with van der Waals surface area (Å²) in [4.78, 5) is 50.4. The third kappa shape index (κ3) is 7.30. The average molecular weight is 814 g/mol. The number of nitro groups is 1. The molecule has 0 radical (unpaired) electrons. The van der Waals surface area contributed by atoms with Crippen LogP contribution in [0.5, 0.6) is 0 Å². The van der Waals surface area contributed by atoms with Gasteiger partial charge in [-0.2, -0.15) is 4.31 Å². The number of Topliss-reactive ketones (excluding diaryl/α,β-unsaturated/α-hetero) is 1. The predicted molar refractivity (Wildman–Crippen MR) is 214 cm³/mol. The number of para-hydroxylation sites is 1. The second-order valence-electron chi connectivity index (χ2n) is 14.9. The van der Waals surface area contributed by atoms with Crippen LogP contribution < -0.4 is 4.90 Å². The molecule has 17 heteroatoms. The Morgan fingerprint density at radius 3 is 2.32 bits per heavy atom. The molecule has 3 aromatic carbocycles. The fourth-order valence-electron chi connectivity index (χ4n) is 7.56. The highest BCUT2D eigenvalue weighted by molar-refractivity contribution is 7.90. The van der Waals surface area contributed by atoms with Crippen LogP contribution in [0.4, 0.5) is 11.5 Å². The summed E-state index contributed by atoms with van der Waals surface area (Å²) in [6.45, 7) is 9.71. The lowest BCUT2D eigenvalue weighted by molar-refractivity contribution is -0.387. The molecule has 15 nitrogen and oxygen atoms in total. The summed E-state index contributed by atoms with van der Waals surface area (Å²) in [6, 6.07) is 16.6. The average Bonchev–Trinajstić information content (AvgIpc) is 3.54. The number of aryl methyl sites for hydroxylation is 2. The standard InChI is InChI=1S/C40H43N7O8S2/c1-25(2)35(48)21-37(49)43-18-17-32-31(24-43)40(44-19-20-45(28(5)23-44)57(54,55)36-12-7-6-10-33(36)47(50)51)42-39(41-32)30-9-8-11-34-38(30)27(4)22-46(34)56(52,53)29-15-13-26(3)14-16-29/h6-16,22,25,28H,17-21,23-24H2,1-5H3. The molecule has 2 aliphatic heterocycles. The van der Waals surface area contributed by atoms with E-state index in [1.54, 1.807) is 68.3 Å². The topological polar surface area (TPSA) is 186 Å². The minimum absolute atomic E-state index is 0.0103. The van der Waals surface area contributed by atoms with Crippen LogP contribution in [0.1, 0.15) is 49.6 Å². The van der Waals surface area contributed by atoms with Gasteiger partial charge in [-0.15, -0.1) is 0 Å². The molecule has 1 amide bonds. The van der Waals surface area contributed by atoms with Crippen molar-refractivity contribution in [2.45, 2.75) is 69.8 Å². The minimum atomic E-state index is -4.26. The zero-order chi connectivity index (χ0) is 41.0. The van der Waals surface area contributed by atoms with Crippen LogP contribution >= 0.6 is 0 Å². The van der Waals surface area contributed by atoms with Crippen molar-refractivity contribution in [3.63, 3.8) is 0 Å². The molecule has 2 aromatic heterocycles. The lowest BCUT2D eigenvalue weighted by Crippen LogP contribution is -2.54. The van der Waals surface area contributed by atoms with Crippen LogP contribution in [0.3, 0.4) is 0 Å². The number of carbonyl (C=O) groups excluding carboxylic acids is 2. The van der Waals surface area contributed by atoms with E-state index in [2.05, 4.69) is 0 Å².